The van der Waals surface area contributed by atoms with E-state index in [2.05, 4.69) is 67.5 Å². The SMILES string of the molecule is CCc1nsc(N2CCN(C(=NC)NCc3ccc(OCCCN(C)C)cc3)CC2)n1.I. The number of benzene rings is 1. The largest absolute Gasteiger partial charge is 0.494 e. The fraction of sp³-hybridized carbons (Fsp3) is 0.591. The number of aromatic nitrogens is 2. The van der Waals surface area contributed by atoms with Crippen LogP contribution in [0.3, 0.4) is 0 Å². The van der Waals surface area contributed by atoms with Gasteiger partial charge >= 0.3 is 0 Å². The van der Waals surface area contributed by atoms with Gasteiger partial charge in [0.15, 0.2) is 5.96 Å². The highest BCUT2D eigenvalue weighted by Crippen LogP contribution is 2.19. The first-order valence-corrected chi connectivity index (χ1v) is 11.8. The maximum Gasteiger partial charge on any atom is 0.205 e. The third kappa shape index (κ3) is 8.04. The molecule has 32 heavy (non-hydrogen) atoms. The molecular formula is C22H36IN7OS. The number of hydrogen-bond acceptors (Lipinski definition) is 7. The smallest absolute Gasteiger partial charge is 0.205 e. The molecule has 0 amide bonds. The third-order valence-electron chi connectivity index (χ3n) is 5.23. The molecule has 0 unspecified atom stereocenters. The molecule has 0 aliphatic carbocycles. The van der Waals surface area contributed by atoms with E-state index >= 15 is 0 Å². The van der Waals surface area contributed by atoms with E-state index in [4.69, 9.17) is 4.74 Å². The summed E-state index contributed by atoms with van der Waals surface area (Å²) in [6, 6.07) is 8.31. The van der Waals surface area contributed by atoms with Crippen LogP contribution in [0.4, 0.5) is 5.13 Å². The Morgan fingerprint density at radius 3 is 2.50 bits per heavy atom. The molecule has 3 rings (SSSR count). The number of ether oxygens (including phenoxy) is 1. The molecule has 0 saturated carbocycles. The quantitative estimate of drug-likeness (QED) is 0.214. The van der Waals surface area contributed by atoms with Crippen molar-refractivity contribution in [2.75, 3.05) is 65.4 Å². The van der Waals surface area contributed by atoms with Crippen LogP contribution in [0.15, 0.2) is 29.3 Å². The zero-order valence-corrected chi connectivity index (χ0v) is 22.7. The molecule has 0 atom stereocenters. The van der Waals surface area contributed by atoms with E-state index in [1.165, 1.54) is 17.1 Å². The summed E-state index contributed by atoms with van der Waals surface area (Å²) >= 11 is 1.50. The molecule has 1 aromatic heterocycles. The van der Waals surface area contributed by atoms with Crippen LogP contribution >= 0.6 is 35.5 Å². The Hall–Kier alpha value is -1.66. The minimum atomic E-state index is 0. The zero-order chi connectivity index (χ0) is 22.1. The molecule has 8 nitrogen and oxygen atoms in total. The molecular weight excluding hydrogens is 537 g/mol. The molecule has 1 aliphatic rings. The number of aryl methyl sites for hydroxylation is 1. The van der Waals surface area contributed by atoms with E-state index in [0.717, 1.165) is 81.4 Å². The van der Waals surface area contributed by atoms with Gasteiger partial charge in [0.1, 0.15) is 11.6 Å². The molecule has 10 heteroatoms. The van der Waals surface area contributed by atoms with Gasteiger partial charge in [0, 0.05) is 64.3 Å². The van der Waals surface area contributed by atoms with Gasteiger partial charge in [-0.3, -0.25) is 4.99 Å². The molecule has 1 aromatic carbocycles. The average molecular weight is 574 g/mol. The highest BCUT2D eigenvalue weighted by molar-refractivity contribution is 14.0. The Bertz CT molecular complexity index is 820. The molecule has 0 bridgehead atoms. The molecule has 0 radical (unpaired) electrons. The number of hydrogen-bond donors (Lipinski definition) is 1. The molecule has 2 aromatic rings. The first-order valence-electron chi connectivity index (χ1n) is 11.0. The Morgan fingerprint density at radius 2 is 1.91 bits per heavy atom. The molecule has 1 N–H and O–H groups in total. The van der Waals surface area contributed by atoms with Gasteiger partial charge in [0.05, 0.1) is 6.61 Å². The van der Waals surface area contributed by atoms with Crippen molar-refractivity contribution in [3.05, 3.63) is 35.7 Å². The van der Waals surface area contributed by atoms with Crippen molar-refractivity contribution in [2.45, 2.75) is 26.3 Å². The predicted molar refractivity (Wildman–Crippen MR) is 144 cm³/mol. The number of guanidine groups is 1. The maximum atomic E-state index is 5.82. The number of aliphatic imine (C=N–C) groups is 1. The van der Waals surface area contributed by atoms with E-state index in [9.17, 15) is 0 Å². The van der Waals surface area contributed by atoms with Crippen LogP contribution in [0, 0.1) is 0 Å². The van der Waals surface area contributed by atoms with E-state index in [1.807, 2.05) is 19.2 Å². The van der Waals surface area contributed by atoms with Gasteiger partial charge in [0.25, 0.3) is 0 Å². The average Bonchev–Trinajstić information content (AvgIpc) is 3.28. The lowest BCUT2D eigenvalue weighted by Crippen LogP contribution is -2.52. The fourth-order valence-corrected chi connectivity index (χ4v) is 4.22. The van der Waals surface area contributed by atoms with E-state index in [1.54, 1.807) is 0 Å². The number of halogens is 1. The second kappa shape index (κ2) is 13.8. The summed E-state index contributed by atoms with van der Waals surface area (Å²) < 4.78 is 10.2. The predicted octanol–water partition coefficient (Wildman–Crippen LogP) is 2.95. The molecule has 0 spiro atoms. The van der Waals surface area contributed by atoms with Crippen molar-refractivity contribution in [3.8, 4) is 5.75 Å². The van der Waals surface area contributed by atoms with Crippen LogP contribution in [-0.2, 0) is 13.0 Å². The minimum absolute atomic E-state index is 0. The number of piperazine rings is 1. The van der Waals surface area contributed by atoms with Gasteiger partial charge in [-0.05, 0) is 38.2 Å². The summed E-state index contributed by atoms with van der Waals surface area (Å²) in [6.45, 7) is 8.30. The number of rotatable bonds is 9. The van der Waals surface area contributed by atoms with Crippen molar-refractivity contribution in [1.82, 2.24) is 24.5 Å². The van der Waals surface area contributed by atoms with Crippen LogP contribution in [0.5, 0.6) is 5.75 Å². The topological polar surface area (TPSA) is 69.1 Å². The number of anilines is 1. The van der Waals surface area contributed by atoms with E-state index in [0.29, 0.717) is 0 Å². The van der Waals surface area contributed by atoms with E-state index < -0.39 is 0 Å². The Balaban J connectivity index is 0.00000363. The van der Waals surface area contributed by atoms with Crippen LogP contribution in [0.2, 0.25) is 0 Å². The van der Waals surface area contributed by atoms with Crippen molar-refractivity contribution in [1.29, 1.82) is 0 Å². The second-order valence-corrected chi connectivity index (χ2v) is 8.60. The van der Waals surface area contributed by atoms with E-state index in [-0.39, 0.29) is 24.0 Å². The summed E-state index contributed by atoms with van der Waals surface area (Å²) in [6.07, 6.45) is 1.91. The lowest BCUT2D eigenvalue weighted by molar-refractivity contribution is 0.281. The molecule has 2 heterocycles. The Kier molecular flexibility index (Phi) is 11.5. The normalized spacial score (nSPS) is 14.5. The van der Waals surface area contributed by atoms with Crippen molar-refractivity contribution >= 4 is 46.6 Å². The standard InChI is InChI=1S/C22H35N7OS.HI/c1-5-20-25-22(31-26-20)29-14-12-28(13-15-29)21(23-2)24-17-18-7-9-19(10-8-18)30-16-6-11-27(3)4;/h7-10H,5-6,11-17H2,1-4H3,(H,23,24);1H. The summed E-state index contributed by atoms with van der Waals surface area (Å²) in [5.41, 5.74) is 1.21. The summed E-state index contributed by atoms with van der Waals surface area (Å²) in [5, 5.41) is 4.52. The molecule has 1 fully saturated rings. The molecule has 1 aliphatic heterocycles. The molecule has 1 saturated heterocycles. The zero-order valence-electron chi connectivity index (χ0n) is 19.6. The Morgan fingerprint density at radius 1 is 1.19 bits per heavy atom. The van der Waals surface area contributed by atoms with Gasteiger partial charge in [0.2, 0.25) is 5.13 Å². The van der Waals surface area contributed by atoms with Crippen molar-refractivity contribution < 1.29 is 4.74 Å². The van der Waals surface area contributed by atoms with Gasteiger partial charge in [-0.2, -0.15) is 4.37 Å². The summed E-state index contributed by atoms with van der Waals surface area (Å²) in [4.78, 5) is 15.9. The van der Waals surface area contributed by atoms with Crippen LogP contribution in [-0.4, -0.2) is 85.6 Å². The first kappa shape index (κ1) is 26.6. The van der Waals surface area contributed by atoms with Crippen LogP contribution in [0.25, 0.3) is 0 Å². The van der Waals surface area contributed by atoms with Gasteiger partial charge in [-0.25, -0.2) is 4.98 Å². The highest BCUT2D eigenvalue weighted by atomic mass is 127. The summed E-state index contributed by atoms with van der Waals surface area (Å²) in [7, 11) is 6.00. The minimum Gasteiger partial charge on any atom is -0.494 e. The van der Waals surface area contributed by atoms with Crippen LogP contribution < -0.4 is 15.0 Å². The van der Waals surface area contributed by atoms with Crippen molar-refractivity contribution in [2.24, 2.45) is 4.99 Å². The van der Waals surface area contributed by atoms with Gasteiger partial charge in [-0.15, -0.1) is 24.0 Å². The first-order chi connectivity index (χ1) is 15.1. The summed E-state index contributed by atoms with van der Waals surface area (Å²) in [5.74, 6) is 2.80. The monoisotopic (exact) mass is 573 g/mol. The number of nitrogens with one attached hydrogen (secondary N) is 1. The van der Waals surface area contributed by atoms with Crippen LogP contribution in [0.1, 0.15) is 24.7 Å². The van der Waals surface area contributed by atoms with Crippen molar-refractivity contribution in [3.63, 3.8) is 0 Å². The molecule has 178 valence electrons. The highest BCUT2D eigenvalue weighted by Gasteiger charge is 2.22. The Labute approximate surface area is 213 Å². The lowest BCUT2D eigenvalue weighted by atomic mass is 10.2. The third-order valence-corrected chi connectivity index (χ3v) is 6.04. The van der Waals surface area contributed by atoms with Gasteiger partial charge in [-0.1, -0.05) is 19.1 Å². The fourth-order valence-electron chi connectivity index (χ4n) is 3.41. The number of nitrogens with zero attached hydrogens (tertiary/aromatic N) is 6. The maximum absolute atomic E-state index is 5.82. The van der Waals surface area contributed by atoms with Gasteiger partial charge < -0.3 is 24.8 Å². The second-order valence-electron chi connectivity index (χ2n) is 7.87. The lowest BCUT2D eigenvalue weighted by Gasteiger charge is -2.36.